The molecule has 14 heteroatoms. The number of rotatable bonds is 6. The lowest BCUT2D eigenvalue weighted by atomic mass is 9.84. The molecule has 340 valence electrons. The van der Waals surface area contributed by atoms with Crippen molar-refractivity contribution in [2.45, 2.75) is 214 Å². The molecular formula is C46H72O14. The molecule has 14 nitrogen and oxygen atoms in total. The van der Waals surface area contributed by atoms with Crippen LogP contribution in [0.3, 0.4) is 0 Å². The van der Waals surface area contributed by atoms with E-state index in [4.69, 9.17) is 66.3 Å². The highest BCUT2D eigenvalue weighted by Crippen LogP contribution is 2.56. The van der Waals surface area contributed by atoms with Gasteiger partial charge in [-0.05, 0) is 38.5 Å². The Morgan fingerprint density at radius 1 is 0.333 bits per heavy atom. The topological polar surface area (TPSA) is 129 Å². The number of fused-ring (bicyclic) bond motifs is 2. The van der Waals surface area contributed by atoms with E-state index in [0.29, 0.717) is 117 Å². The first-order valence-electron chi connectivity index (χ1n) is 24.2. The zero-order chi connectivity index (χ0) is 40.6. The molecule has 8 spiro atoms. The van der Waals surface area contributed by atoms with Gasteiger partial charge in [0.2, 0.25) is 0 Å². The molecule has 0 aromatic heterocycles. The summed E-state index contributed by atoms with van der Waals surface area (Å²) in [4.78, 5) is 0. The third kappa shape index (κ3) is 7.57. The van der Waals surface area contributed by atoms with Gasteiger partial charge in [-0.2, -0.15) is 0 Å². The molecule has 11 fully saturated rings. The summed E-state index contributed by atoms with van der Waals surface area (Å²) < 4.78 is 94.2. The average Bonchev–Trinajstić information content (AvgIpc) is 3.86. The van der Waals surface area contributed by atoms with Crippen LogP contribution in [0.15, 0.2) is 0 Å². The zero-order valence-corrected chi connectivity index (χ0v) is 36.4. The van der Waals surface area contributed by atoms with Crippen LogP contribution in [-0.4, -0.2) is 137 Å². The Balaban J connectivity index is 0.726. The minimum atomic E-state index is -0.791. The van der Waals surface area contributed by atoms with Crippen molar-refractivity contribution < 1.29 is 66.3 Å². The molecule has 0 radical (unpaired) electrons. The maximum absolute atomic E-state index is 7.11. The van der Waals surface area contributed by atoms with Crippen LogP contribution in [0.2, 0.25) is 0 Å². The number of hydrogen-bond donors (Lipinski definition) is 0. The lowest BCUT2D eigenvalue weighted by Crippen LogP contribution is -2.63. The van der Waals surface area contributed by atoms with Gasteiger partial charge in [-0.3, -0.25) is 0 Å². The Labute approximate surface area is 356 Å². The molecule has 11 rings (SSSR count). The quantitative estimate of drug-likeness (QED) is 0.286. The Morgan fingerprint density at radius 3 is 0.850 bits per heavy atom. The Hall–Kier alpha value is -0.560. The number of ether oxygens (including phenoxy) is 14. The second kappa shape index (κ2) is 16.1. The van der Waals surface area contributed by atoms with Crippen LogP contribution in [-0.2, 0) is 66.3 Å². The van der Waals surface area contributed by atoms with Crippen LogP contribution in [0.5, 0.6) is 0 Å². The van der Waals surface area contributed by atoms with E-state index in [1.807, 2.05) is 0 Å². The van der Waals surface area contributed by atoms with Gasteiger partial charge in [0.1, 0.15) is 36.6 Å². The first-order valence-corrected chi connectivity index (χ1v) is 24.2. The summed E-state index contributed by atoms with van der Waals surface area (Å²) in [5, 5.41) is 0. The van der Waals surface area contributed by atoms with Crippen LogP contribution >= 0.6 is 0 Å². The lowest BCUT2D eigenvalue weighted by Gasteiger charge is -2.53. The fourth-order valence-electron chi connectivity index (χ4n) is 12.4. The van der Waals surface area contributed by atoms with Gasteiger partial charge in [0.25, 0.3) is 0 Å². The number of hydrogen-bond acceptors (Lipinski definition) is 14. The highest BCUT2D eigenvalue weighted by atomic mass is 16.8. The van der Waals surface area contributed by atoms with E-state index in [9.17, 15) is 0 Å². The van der Waals surface area contributed by atoms with Crippen molar-refractivity contribution in [1.82, 2.24) is 0 Å². The smallest absolute Gasteiger partial charge is 0.169 e. The van der Waals surface area contributed by atoms with Crippen molar-refractivity contribution >= 4 is 0 Å². The molecule has 0 N–H and O–H groups in total. The van der Waals surface area contributed by atoms with Crippen molar-refractivity contribution in [3.05, 3.63) is 0 Å². The van der Waals surface area contributed by atoms with Crippen molar-refractivity contribution in [2.24, 2.45) is 10.8 Å². The van der Waals surface area contributed by atoms with E-state index in [1.54, 1.807) is 0 Å². The Bertz CT molecular complexity index is 1310. The van der Waals surface area contributed by atoms with Gasteiger partial charge < -0.3 is 66.3 Å². The van der Waals surface area contributed by atoms with E-state index in [-0.39, 0.29) is 47.5 Å². The summed E-state index contributed by atoms with van der Waals surface area (Å²) in [7, 11) is 0. The molecule has 0 amide bonds. The normalized spacial score (nSPS) is 40.1. The summed E-state index contributed by atoms with van der Waals surface area (Å²) >= 11 is 0. The van der Waals surface area contributed by atoms with Crippen LogP contribution in [0, 0.1) is 10.8 Å². The second-order valence-corrected chi connectivity index (χ2v) is 20.9. The molecule has 6 aliphatic heterocycles. The van der Waals surface area contributed by atoms with Gasteiger partial charge in [0.05, 0.1) is 63.7 Å². The van der Waals surface area contributed by atoms with Gasteiger partial charge in [-0.15, -0.1) is 0 Å². The maximum Gasteiger partial charge on any atom is 0.169 e. The van der Waals surface area contributed by atoms with E-state index in [2.05, 4.69) is 13.8 Å². The Kier molecular flexibility index (Phi) is 11.3. The lowest BCUT2D eigenvalue weighted by molar-refractivity contribution is -0.384. The molecule has 6 saturated heterocycles. The SMILES string of the molecule is CCCOC1[C@H]2OC3(CCC4(CC3)OCC3(COC5(CCCCC5)OC3)CO4)O[C@H]2C(OCCC)[C@@H]2OC3(CCC4(CC3)OCC3(COC5(CCCCC5)OC3)CO4)O[C@H]12. The standard InChI is InChI=1S/C46H72O14/c1-3-23-47-33-35-37(59-45(57-35)19-15-43(16-20-45)53-29-39(30-54-43)25-49-41(50-26-39)11-7-5-8-12-41)34(48-24-4-2)38-36(33)58-46(60-38)21-17-44(18-22-46)55-31-40(32-56-44)27-51-42(52-28-40)13-9-6-10-14-42/h33-38H,3-32H2,1-2H3/t33?,34?,35-,36-,37+,38+. The second-order valence-electron chi connectivity index (χ2n) is 20.9. The molecule has 11 aliphatic rings. The summed E-state index contributed by atoms with van der Waals surface area (Å²) in [5.41, 5.74) is -0.533. The minimum Gasteiger partial charge on any atom is -0.373 e. The first-order chi connectivity index (χ1) is 29.2. The fourth-order valence-corrected chi connectivity index (χ4v) is 12.4. The van der Waals surface area contributed by atoms with Gasteiger partial charge >= 0.3 is 0 Å². The van der Waals surface area contributed by atoms with Gasteiger partial charge in [0, 0.05) is 90.3 Å². The van der Waals surface area contributed by atoms with Crippen LogP contribution < -0.4 is 0 Å². The van der Waals surface area contributed by atoms with Crippen molar-refractivity contribution in [3.8, 4) is 0 Å². The molecule has 0 unspecified atom stereocenters. The third-order valence-electron chi connectivity index (χ3n) is 16.3. The summed E-state index contributed by atoms with van der Waals surface area (Å²) in [6.07, 6.45) is 15.9. The third-order valence-corrected chi connectivity index (χ3v) is 16.3. The van der Waals surface area contributed by atoms with E-state index in [0.717, 1.165) is 64.2 Å². The minimum absolute atomic E-state index is 0.266. The molecule has 60 heavy (non-hydrogen) atoms. The molecule has 5 aliphatic carbocycles. The van der Waals surface area contributed by atoms with Crippen LogP contribution in [0.25, 0.3) is 0 Å². The zero-order valence-electron chi connectivity index (χ0n) is 36.4. The maximum atomic E-state index is 7.11. The van der Waals surface area contributed by atoms with E-state index < -0.39 is 34.7 Å². The van der Waals surface area contributed by atoms with Crippen LogP contribution in [0.1, 0.15) is 142 Å². The summed E-state index contributed by atoms with van der Waals surface area (Å²) in [6, 6.07) is 0. The fraction of sp³-hybridized carbons (Fsp3) is 1.00. The van der Waals surface area contributed by atoms with E-state index >= 15 is 0 Å². The molecule has 5 saturated carbocycles. The molecular weight excluding hydrogens is 776 g/mol. The van der Waals surface area contributed by atoms with E-state index in [1.165, 1.54) is 12.8 Å². The molecule has 0 aromatic rings. The predicted molar refractivity (Wildman–Crippen MR) is 212 cm³/mol. The predicted octanol–water partition coefficient (Wildman–Crippen LogP) is 6.57. The van der Waals surface area contributed by atoms with Gasteiger partial charge in [0.15, 0.2) is 34.7 Å². The Morgan fingerprint density at radius 2 is 0.583 bits per heavy atom. The van der Waals surface area contributed by atoms with Crippen LogP contribution in [0.4, 0.5) is 0 Å². The monoisotopic (exact) mass is 848 g/mol. The van der Waals surface area contributed by atoms with Crippen molar-refractivity contribution in [2.75, 3.05) is 66.1 Å². The van der Waals surface area contributed by atoms with Crippen molar-refractivity contribution in [3.63, 3.8) is 0 Å². The molecule has 0 aromatic carbocycles. The average molecular weight is 849 g/mol. The van der Waals surface area contributed by atoms with Gasteiger partial charge in [-0.1, -0.05) is 26.7 Å². The van der Waals surface area contributed by atoms with Gasteiger partial charge in [-0.25, -0.2) is 0 Å². The molecule has 6 heterocycles. The highest BCUT2D eigenvalue weighted by Gasteiger charge is 2.69. The summed E-state index contributed by atoms with van der Waals surface area (Å²) in [5.74, 6) is -3.72. The summed E-state index contributed by atoms with van der Waals surface area (Å²) in [6.45, 7) is 10.2. The van der Waals surface area contributed by atoms with Crippen molar-refractivity contribution in [1.29, 1.82) is 0 Å². The molecule has 0 bridgehead atoms. The first kappa shape index (κ1) is 42.1. The largest absolute Gasteiger partial charge is 0.373 e. The molecule has 4 atom stereocenters. The highest BCUT2D eigenvalue weighted by molar-refractivity contribution is 5.12.